The second kappa shape index (κ2) is 7.14. The molecule has 0 saturated heterocycles. The van der Waals surface area contributed by atoms with Crippen molar-refractivity contribution >= 4 is 12.0 Å². The Morgan fingerprint density at radius 2 is 1.75 bits per heavy atom. The molecule has 0 bridgehead atoms. The molecule has 0 heterocycles. The van der Waals surface area contributed by atoms with Crippen molar-refractivity contribution in [3.63, 3.8) is 0 Å². The lowest BCUT2D eigenvalue weighted by atomic mass is 10.2. The average molecular weight is 268 g/mol. The smallest absolute Gasteiger partial charge is 0.307 e. The topological polar surface area (TPSA) is 46.5 Å². The van der Waals surface area contributed by atoms with Crippen molar-refractivity contribution in [3.8, 4) is 5.75 Å². The maximum atomic E-state index is 10.4. The van der Waals surface area contributed by atoms with E-state index in [2.05, 4.69) is 0 Å². The standard InChI is InChI=1S/C17H16O3/c18-17(19)8-4-7-14-9-11-16(12-10-14)20-13-15-5-2-1-3-6-15/h1-7,9-12H,8,13H2,(H,18,19)/b7-4+. The molecule has 3 heteroatoms. The molecule has 0 amide bonds. The van der Waals surface area contributed by atoms with Gasteiger partial charge in [-0.2, -0.15) is 0 Å². The van der Waals surface area contributed by atoms with Crippen LogP contribution in [0, 0.1) is 0 Å². The summed E-state index contributed by atoms with van der Waals surface area (Å²) in [6.07, 6.45) is 3.45. The first-order valence-corrected chi connectivity index (χ1v) is 6.39. The van der Waals surface area contributed by atoms with E-state index < -0.39 is 5.97 Å². The maximum Gasteiger partial charge on any atom is 0.307 e. The van der Waals surface area contributed by atoms with Crippen molar-refractivity contribution in [2.45, 2.75) is 13.0 Å². The van der Waals surface area contributed by atoms with E-state index in [-0.39, 0.29) is 6.42 Å². The van der Waals surface area contributed by atoms with Gasteiger partial charge >= 0.3 is 5.97 Å². The van der Waals surface area contributed by atoms with Crippen LogP contribution >= 0.6 is 0 Å². The van der Waals surface area contributed by atoms with E-state index >= 15 is 0 Å². The number of ether oxygens (including phenoxy) is 1. The molecule has 2 rings (SSSR count). The third kappa shape index (κ3) is 4.61. The predicted octanol–water partition coefficient (Wildman–Crippen LogP) is 3.75. The third-order valence-electron chi connectivity index (χ3n) is 2.73. The first-order chi connectivity index (χ1) is 9.74. The molecule has 0 aliphatic carbocycles. The van der Waals surface area contributed by atoms with E-state index in [1.807, 2.05) is 54.6 Å². The zero-order valence-electron chi connectivity index (χ0n) is 11.0. The fourth-order valence-electron chi connectivity index (χ4n) is 1.71. The lowest BCUT2D eigenvalue weighted by molar-refractivity contribution is -0.135. The van der Waals surface area contributed by atoms with Crippen LogP contribution in [0.1, 0.15) is 17.5 Å². The van der Waals surface area contributed by atoms with Crippen LogP contribution in [0.5, 0.6) is 5.75 Å². The minimum Gasteiger partial charge on any atom is -0.489 e. The fourth-order valence-corrected chi connectivity index (χ4v) is 1.71. The van der Waals surface area contributed by atoms with Gasteiger partial charge in [0.25, 0.3) is 0 Å². The van der Waals surface area contributed by atoms with E-state index in [4.69, 9.17) is 9.84 Å². The van der Waals surface area contributed by atoms with Crippen molar-refractivity contribution in [1.29, 1.82) is 0 Å². The van der Waals surface area contributed by atoms with E-state index in [1.54, 1.807) is 12.2 Å². The monoisotopic (exact) mass is 268 g/mol. The van der Waals surface area contributed by atoms with Crippen LogP contribution in [-0.4, -0.2) is 11.1 Å². The van der Waals surface area contributed by atoms with E-state index in [0.29, 0.717) is 6.61 Å². The van der Waals surface area contributed by atoms with Crippen molar-refractivity contribution in [3.05, 3.63) is 71.8 Å². The van der Waals surface area contributed by atoms with E-state index in [9.17, 15) is 4.79 Å². The second-order valence-corrected chi connectivity index (χ2v) is 4.34. The molecule has 0 aliphatic rings. The quantitative estimate of drug-likeness (QED) is 0.867. The van der Waals surface area contributed by atoms with Crippen LogP contribution in [0.2, 0.25) is 0 Å². The molecule has 0 aromatic heterocycles. The summed E-state index contributed by atoms with van der Waals surface area (Å²) in [6.45, 7) is 0.537. The van der Waals surface area contributed by atoms with Crippen LogP contribution in [0.25, 0.3) is 6.08 Å². The van der Waals surface area contributed by atoms with Gasteiger partial charge in [-0.05, 0) is 23.3 Å². The Morgan fingerprint density at radius 3 is 2.40 bits per heavy atom. The second-order valence-electron chi connectivity index (χ2n) is 4.34. The summed E-state index contributed by atoms with van der Waals surface area (Å²) in [5, 5.41) is 8.54. The minimum absolute atomic E-state index is 0.0340. The largest absolute Gasteiger partial charge is 0.489 e. The number of aliphatic carboxylic acids is 1. The van der Waals surface area contributed by atoms with Crippen LogP contribution < -0.4 is 4.74 Å². The van der Waals surface area contributed by atoms with Crippen LogP contribution in [0.3, 0.4) is 0 Å². The van der Waals surface area contributed by atoms with Gasteiger partial charge in [-0.25, -0.2) is 0 Å². The van der Waals surface area contributed by atoms with Gasteiger partial charge in [-0.1, -0.05) is 54.6 Å². The van der Waals surface area contributed by atoms with Gasteiger partial charge in [-0.3, -0.25) is 4.79 Å². The summed E-state index contributed by atoms with van der Waals surface area (Å²) >= 11 is 0. The van der Waals surface area contributed by atoms with Gasteiger partial charge in [0.1, 0.15) is 12.4 Å². The average Bonchev–Trinajstić information content (AvgIpc) is 2.47. The van der Waals surface area contributed by atoms with Crippen LogP contribution in [-0.2, 0) is 11.4 Å². The molecule has 0 saturated carbocycles. The molecule has 1 N–H and O–H groups in total. The van der Waals surface area contributed by atoms with Gasteiger partial charge in [0.15, 0.2) is 0 Å². The molecule has 0 atom stereocenters. The highest BCUT2D eigenvalue weighted by molar-refractivity contribution is 5.70. The summed E-state index contributed by atoms with van der Waals surface area (Å²) in [7, 11) is 0. The molecule has 20 heavy (non-hydrogen) atoms. The van der Waals surface area contributed by atoms with E-state index in [1.165, 1.54) is 0 Å². The maximum absolute atomic E-state index is 10.4. The Kier molecular flexibility index (Phi) is 4.95. The molecule has 0 radical (unpaired) electrons. The van der Waals surface area contributed by atoms with Crippen molar-refractivity contribution in [2.24, 2.45) is 0 Å². The Balaban J connectivity index is 1.88. The molecule has 2 aromatic carbocycles. The van der Waals surface area contributed by atoms with Gasteiger partial charge in [0.2, 0.25) is 0 Å². The molecule has 3 nitrogen and oxygen atoms in total. The normalized spacial score (nSPS) is 10.6. The Labute approximate surface area is 118 Å². The Bertz CT molecular complexity index is 571. The molecular formula is C17H16O3. The van der Waals surface area contributed by atoms with Gasteiger partial charge in [0.05, 0.1) is 6.42 Å². The van der Waals surface area contributed by atoms with Crippen LogP contribution in [0.4, 0.5) is 0 Å². The summed E-state index contributed by atoms with van der Waals surface area (Å²) in [5.41, 5.74) is 2.08. The van der Waals surface area contributed by atoms with Crippen LogP contribution in [0.15, 0.2) is 60.7 Å². The zero-order chi connectivity index (χ0) is 14.2. The molecule has 2 aromatic rings. The molecule has 0 fully saturated rings. The number of rotatable bonds is 6. The minimum atomic E-state index is -0.830. The Hall–Kier alpha value is -2.55. The lowest BCUT2D eigenvalue weighted by Gasteiger charge is -2.06. The first kappa shape index (κ1) is 13.9. The SMILES string of the molecule is O=C(O)C/C=C/c1ccc(OCc2ccccc2)cc1. The van der Waals surface area contributed by atoms with Crippen molar-refractivity contribution < 1.29 is 14.6 Å². The molecule has 0 unspecified atom stereocenters. The number of carboxylic acids is 1. The number of hydrogen-bond donors (Lipinski definition) is 1. The highest BCUT2D eigenvalue weighted by Gasteiger charge is 1.96. The summed E-state index contributed by atoms with van der Waals surface area (Å²) in [5.74, 6) is -0.0340. The first-order valence-electron chi connectivity index (χ1n) is 6.39. The lowest BCUT2D eigenvalue weighted by Crippen LogP contribution is -1.94. The summed E-state index contributed by atoms with van der Waals surface area (Å²) in [4.78, 5) is 10.4. The molecule has 0 aliphatic heterocycles. The molecule has 102 valence electrons. The number of carboxylic acid groups (broad SMARTS) is 1. The van der Waals surface area contributed by atoms with E-state index in [0.717, 1.165) is 16.9 Å². The number of hydrogen-bond acceptors (Lipinski definition) is 2. The van der Waals surface area contributed by atoms with Gasteiger partial charge < -0.3 is 9.84 Å². The van der Waals surface area contributed by atoms with Gasteiger partial charge in [0, 0.05) is 0 Å². The third-order valence-corrected chi connectivity index (χ3v) is 2.73. The summed E-state index contributed by atoms with van der Waals surface area (Å²) < 4.78 is 5.67. The predicted molar refractivity (Wildman–Crippen MR) is 78.5 cm³/mol. The highest BCUT2D eigenvalue weighted by atomic mass is 16.5. The zero-order valence-corrected chi connectivity index (χ0v) is 11.0. The van der Waals surface area contributed by atoms with Crippen molar-refractivity contribution in [1.82, 2.24) is 0 Å². The molecule has 0 spiro atoms. The Morgan fingerprint density at radius 1 is 1.05 bits per heavy atom. The number of carbonyl (C=O) groups is 1. The fraction of sp³-hybridized carbons (Fsp3) is 0.118. The summed E-state index contributed by atoms with van der Waals surface area (Å²) in [6, 6.07) is 17.5. The van der Waals surface area contributed by atoms with Crippen molar-refractivity contribution in [2.75, 3.05) is 0 Å². The molecular weight excluding hydrogens is 252 g/mol. The highest BCUT2D eigenvalue weighted by Crippen LogP contribution is 2.15. The van der Waals surface area contributed by atoms with Gasteiger partial charge in [-0.15, -0.1) is 0 Å². The number of benzene rings is 2.